The average Bonchev–Trinajstić information content (AvgIpc) is 2.79. The van der Waals surface area contributed by atoms with Crippen LogP contribution in [-0.4, -0.2) is 24.5 Å². The van der Waals surface area contributed by atoms with Crippen molar-refractivity contribution >= 4 is 34.8 Å². The highest BCUT2D eigenvalue weighted by molar-refractivity contribution is 6.30. The maximum atomic E-state index is 12.8. The van der Waals surface area contributed by atoms with E-state index in [1.807, 2.05) is 42.5 Å². The molecule has 1 aliphatic rings. The van der Waals surface area contributed by atoms with Crippen molar-refractivity contribution in [1.29, 1.82) is 0 Å². The maximum absolute atomic E-state index is 12.8. The zero-order valence-electron chi connectivity index (χ0n) is 17.6. The van der Waals surface area contributed by atoms with E-state index in [0.717, 1.165) is 11.3 Å². The van der Waals surface area contributed by atoms with Crippen molar-refractivity contribution < 1.29 is 19.1 Å². The highest BCUT2D eigenvalue weighted by Gasteiger charge is 2.31. The molecule has 3 aromatic rings. The van der Waals surface area contributed by atoms with Gasteiger partial charge in [0.2, 0.25) is 5.91 Å². The smallest absolute Gasteiger partial charge is 0.268 e. The lowest BCUT2D eigenvalue weighted by Crippen LogP contribution is -2.44. The van der Waals surface area contributed by atoms with Gasteiger partial charge in [0, 0.05) is 10.7 Å². The topological polar surface area (TPSA) is 67.9 Å². The Balaban J connectivity index is 1.45. The lowest BCUT2D eigenvalue weighted by atomic mass is 10.1. The van der Waals surface area contributed by atoms with Crippen LogP contribution >= 0.6 is 11.6 Å². The standard InChI is InChI=1S/C25H23ClN2O4/c1-17-25(30)28(16-18-7-9-19(26)10-8-18)22-15-20(11-12-23(22)32-17)27-24(29)13-14-31-21-5-3-2-4-6-21/h2-12,15,17H,13-14,16H2,1H3,(H,27,29). The van der Waals surface area contributed by atoms with E-state index in [1.165, 1.54) is 0 Å². The Bertz CT molecular complexity index is 1100. The first-order valence-electron chi connectivity index (χ1n) is 10.3. The molecule has 0 saturated heterocycles. The fourth-order valence-corrected chi connectivity index (χ4v) is 3.55. The molecule has 0 spiro atoms. The van der Waals surface area contributed by atoms with Gasteiger partial charge in [0.05, 0.1) is 25.3 Å². The van der Waals surface area contributed by atoms with E-state index in [9.17, 15) is 9.59 Å². The summed E-state index contributed by atoms with van der Waals surface area (Å²) in [6.45, 7) is 2.37. The Hall–Kier alpha value is -3.51. The van der Waals surface area contributed by atoms with Gasteiger partial charge in [-0.1, -0.05) is 41.9 Å². The average molecular weight is 451 g/mol. The van der Waals surface area contributed by atoms with E-state index in [0.29, 0.717) is 28.7 Å². The predicted molar refractivity (Wildman–Crippen MR) is 124 cm³/mol. The van der Waals surface area contributed by atoms with Gasteiger partial charge in [-0.05, 0) is 55.0 Å². The molecule has 1 unspecified atom stereocenters. The van der Waals surface area contributed by atoms with E-state index in [1.54, 1.807) is 42.2 Å². The summed E-state index contributed by atoms with van der Waals surface area (Å²) < 4.78 is 11.3. The molecule has 1 aliphatic heterocycles. The summed E-state index contributed by atoms with van der Waals surface area (Å²) in [7, 11) is 0. The third-order valence-corrected chi connectivity index (χ3v) is 5.30. The number of nitrogens with zero attached hydrogens (tertiary/aromatic N) is 1. The van der Waals surface area contributed by atoms with Crippen LogP contribution < -0.4 is 19.7 Å². The van der Waals surface area contributed by atoms with E-state index >= 15 is 0 Å². The molecule has 2 amide bonds. The first-order chi connectivity index (χ1) is 15.5. The maximum Gasteiger partial charge on any atom is 0.268 e. The molecule has 164 valence electrons. The van der Waals surface area contributed by atoms with Crippen LogP contribution in [0.4, 0.5) is 11.4 Å². The van der Waals surface area contributed by atoms with Crippen molar-refractivity contribution in [3.05, 3.63) is 83.4 Å². The van der Waals surface area contributed by atoms with E-state index < -0.39 is 6.10 Å². The van der Waals surface area contributed by atoms with Crippen LogP contribution in [0.2, 0.25) is 5.02 Å². The second-order valence-corrected chi connectivity index (χ2v) is 7.89. The third-order valence-electron chi connectivity index (χ3n) is 5.05. The van der Waals surface area contributed by atoms with E-state index in [4.69, 9.17) is 21.1 Å². The molecule has 0 radical (unpaired) electrons. The molecule has 6 nitrogen and oxygen atoms in total. The quantitative estimate of drug-likeness (QED) is 0.546. The summed E-state index contributed by atoms with van der Waals surface area (Å²) in [4.78, 5) is 26.9. The van der Waals surface area contributed by atoms with Gasteiger partial charge < -0.3 is 19.7 Å². The third kappa shape index (κ3) is 5.21. The van der Waals surface area contributed by atoms with Gasteiger partial charge in [0.25, 0.3) is 5.91 Å². The van der Waals surface area contributed by atoms with Gasteiger partial charge in [-0.25, -0.2) is 0 Å². The molecule has 0 aliphatic carbocycles. The molecule has 1 heterocycles. The molecule has 0 bridgehead atoms. The second-order valence-electron chi connectivity index (χ2n) is 7.45. The molecule has 7 heteroatoms. The summed E-state index contributed by atoms with van der Waals surface area (Å²) in [5.74, 6) is 0.988. The molecule has 1 N–H and O–H groups in total. The van der Waals surface area contributed by atoms with Crippen molar-refractivity contribution in [3.8, 4) is 11.5 Å². The van der Waals surface area contributed by atoms with Crippen LogP contribution in [0.5, 0.6) is 11.5 Å². The number of carbonyl (C=O) groups is 2. The number of ether oxygens (including phenoxy) is 2. The number of hydrogen-bond acceptors (Lipinski definition) is 4. The molecular weight excluding hydrogens is 428 g/mol. The largest absolute Gasteiger partial charge is 0.493 e. The number of halogens is 1. The number of nitrogens with one attached hydrogen (secondary N) is 1. The van der Waals surface area contributed by atoms with Gasteiger partial charge >= 0.3 is 0 Å². The Labute approximate surface area is 191 Å². The Kier molecular flexibility index (Phi) is 6.61. The van der Waals surface area contributed by atoms with Crippen molar-refractivity contribution in [2.75, 3.05) is 16.8 Å². The fraction of sp³-hybridized carbons (Fsp3) is 0.200. The molecule has 32 heavy (non-hydrogen) atoms. The summed E-state index contributed by atoms with van der Waals surface area (Å²) in [5.41, 5.74) is 2.14. The lowest BCUT2D eigenvalue weighted by molar-refractivity contribution is -0.125. The number of rotatable bonds is 7. The molecule has 0 saturated carbocycles. The number of anilines is 2. The first kappa shape index (κ1) is 21.7. The van der Waals surface area contributed by atoms with Crippen LogP contribution in [0.3, 0.4) is 0 Å². The number of amides is 2. The minimum Gasteiger partial charge on any atom is -0.493 e. The number of fused-ring (bicyclic) bond motifs is 1. The van der Waals surface area contributed by atoms with Crippen LogP contribution in [0.25, 0.3) is 0 Å². The fourth-order valence-electron chi connectivity index (χ4n) is 3.42. The van der Waals surface area contributed by atoms with Crippen molar-refractivity contribution in [2.24, 2.45) is 0 Å². The molecule has 0 fully saturated rings. The van der Waals surface area contributed by atoms with Crippen LogP contribution in [0.15, 0.2) is 72.8 Å². The SMILES string of the molecule is CC1Oc2ccc(NC(=O)CCOc3ccccc3)cc2N(Cc2ccc(Cl)cc2)C1=O. The van der Waals surface area contributed by atoms with Crippen LogP contribution in [0, 0.1) is 0 Å². The number of para-hydroxylation sites is 1. The summed E-state index contributed by atoms with van der Waals surface area (Å²) in [6, 6.07) is 22.0. The monoisotopic (exact) mass is 450 g/mol. The van der Waals surface area contributed by atoms with Gasteiger partial charge in [0.1, 0.15) is 11.5 Å². The summed E-state index contributed by atoms with van der Waals surface area (Å²) in [5, 5.41) is 3.50. The minimum absolute atomic E-state index is 0.146. The molecule has 3 aromatic carbocycles. The van der Waals surface area contributed by atoms with Crippen molar-refractivity contribution in [2.45, 2.75) is 26.0 Å². The summed E-state index contributed by atoms with van der Waals surface area (Å²) in [6.07, 6.45) is -0.391. The zero-order chi connectivity index (χ0) is 22.5. The highest BCUT2D eigenvalue weighted by Crippen LogP contribution is 2.37. The van der Waals surface area contributed by atoms with Crippen molar-refractivity contribution in [1.82, 2.24) is 0 Å². The number of hydrogen-bond donors (Lipinski definition) is 1. The first-order valence-corrected chi connectivity index (χ1v) is 10.7. The number of benzene rings is 3. The van der Waals surface area contributed by atoms with Gasteiger partial charge in [0.15, 0.2) is 6.10 Å². The molecule has 1 atom stereocenters. The Morgan fingerprint density at radius 3 is 2.59 bits per heavy atom. The Morgan fingerprint density at radius 1 is 1.09 bits per heavy atom. The number of carbonyl (C=O) groups excluding carboxylic acids is 2. The van der Waals surface area contributed by atoms with Gasteiger partial charge in [-0.3, -0.25) is 9.59 Å². The van der Waals surface area contributed by atoms with Crippen LogP contribution in [0.1, 0.15) is 18.9 Å². The highest BCUT2D eigenvalue weighted by atomic mass is 35.5. The second kappa shape index (κ2) is 9.75. The summed E-state index contributed by atoms with van der Waals surface area (Å²) >= 11 is 5.98. The van der Waals surface area contributed by atoms with Crippen molar-refractivity contribution in [3.63, 3.8) is 0 Å². The van der Waals surface area contributed by atoms with Gasteiger partial charge in [-0.15, -0.1) is 0 Å². The van der Waals surface area contributed by atoms with E-state index in [-0.39, 0.29) is 24.8 Å². The van der Waals surface area contributed by atoms with Gasteiger partial charge in [-0.2, -0.15) is 0 Å². The Morgan fingerprint density at radius 2 is 1.84 bits per heavy atom. The van der Waals surface area contributed by atoms with E-state index in [2.05, 4.69) is 5.32 Å². The lowest BCUT2D eigenvalue weighted by Gasteiger charge is -2.33. The predicted octanol–water partition coefficient (Wildman–Crippen LogP) is 5.06. The normalized spacial score (nSPS) is 15.0. The minimum atomic E-state index is -0.592. The molecule has 4 rings (SSSR count). The molecule has 0 aromatic heterocycles. The zero-order valence-corrected chi connectivity index (χ0v) is 18.3. The molecular formula is C25H23ClN2O4. The van der Waals surface area contributed by atoms with Crippen LogP contribution in [-0.2, 0) is 16.1 Å².